The Kier molecular flexibility index (Phi) is 4.46. The molecule has 0 saturated heterocycles. The molecule has 2 heteroatoms. The quantitative estimate of drug-likeness (QED) is 0.808. The number of aryl methyl sites for hydroxylation is 2. The number of benzene rings is 1. The van der Waals surface area contributed by atoms with E-state index in [-0.39, 0.29) is 0 Å². The largest absolute Gasteiger partial charge is 0.379 e. The fourth-order valence-electron chi connectivity index (χ4n) is 2.28. The van der Waals surface area contributed by atoms with E-state index >= 15 is 0 Å². The molecule has 0 radical (unpaired) electrons. The minimum atomic E-state index is 0.890. The molecule has 18 heavy (non-hydrogen) atoms. The van der Waals surface area contributed by atoms with Crippen molar-refractivity contribution in [2.24, 2.45) is 0 Å². The van der Waals surface area contributed by atoms with E-state index < -0.39 is 0 Å². The highest BCUT2D eigenvalue weighted by molar-refractivity contribution is 5.51. The van der Waals surface area contributed by atoms with Crippen LogP contribution in [-0.4, -0.2) is 4.57 Å². The summed E-state index contributed by atoms with van der Waals surface area (Å²) in [5.74, 6) is 0. The molecule has 2 aromatic rings. The Bertz CT molecular complexity index is 485. The molecule has 0 aliphatic heterocycles. The number of rotatable bonds is 6. The van der Waals surface area contributed by atoms with Gasteiger partial charge in [-0.2, -0.15) is 0 Å². The van der Waals surface area contributed by atoms with Crippen LogP contribution in [0.2, 0.25) is 0 Å². The lowest BCUT2D eigenvalue weighted by molar-refractivity contribution is 0.723. The number of anilines is 1. The van der Waals surface area contributed by atoms with Gasteiger partial charge in [0.2, 0.25) is 0 Å². The summed E-state index contributed by atoms with van der Waals surface area (Å²) >= 11 is 0. The molecule has 1 aromatic carbocycles. The third-order valence-corrected chi connectivity index (χ3v) is 3.26. The van der Waals surface area contributed by atoms with E-state index in [0.29, 0.717) is 0 Å². The first kappa shape index (κ1) is 12.7. The molecule has 2 nitrogen and oxygen atoms in total. The summed E-state index contributed by atoms with van der Waals surface area (Å²) in [5.41, 5.74) is 4.02. The monoisotopic (exact) mass is 242 g/mol. The number of hydrogen-bond donors (Lipinski definition) is 1. The van der Waals surface area contributed by atoms with Crippen LogP contribution in [0.1, 0.15) is 31.5 Å². The highest BCUT2D eigenvalue weighted by atomic mass is 15.0. The number of para-hydroxylation sites is 1. The van der Waals surface area contributed by atoms with E-state index in [0.717, 1.165) is 19.5 Å². The number of hydrogen-bond acceptors (Lipinski definition) is 1. The Morgan fingerprint density at radius 1 is 1.06 bits per heavy atom. The van der Waals surface area contributed by atoms with Crippen molar-refractivity contribution < 1.29 is 0 Å². The van der Waals surface area contributed by atoms with Gasteiger partial charge in [0.15, 0.2) is 0 Å². The van der Waals surface area contributed by atoms with Crippen molar-refractivity contribution >= 4 is 5.69 Å². The molecule has 1 heterocycles. The number of nitrogens with zero attached hydrogens (tertiary/aromatic N) is 1. The Hall–Kier alpha value is -1.70. The molecule has 0 aliphatic rings. The zero-order valence-corrected chi connectivity index (χ0v) is 11.3. The van der Waals surface area contributed by atoms with Crippen LogP contribution in [0.4, 0.5) is 5.69 Å². The predicted molar refractivity (Wildman–Crippen MR) is 77.9 cm³/mol. The number of aromatic nitrogens is 1. The van der Waals surface area contributed by atoms with Crippen molar-refractivity contribution in [1.82, 2.24) is 4.57 Å². The second kappa shape index (κ2) is 6.29. The van der Waals surface area contributed by atoms with Gasteiger partial charge in [-0.15, -0.1) is 0 Å². The molecule has 0 unspecified atom stereocenters. The first-order chi connectivity index (χ1) is 8.85. The summed E-state index contributed by atoms with van der Waals surface area (Å²) in [6, 6.07) is 12.9. The van der Waals surface area contributed by atoms with Gasteiger partial charge < -0.3 is 9.88 Å². The summed E-state index contributed by atoms with van der Waals surface area (Å²) in [7, 11) is 0. The molecule has 96 valence electrons. The minimum Gasteiger partial charge on any atom is -0.379 e. The minimum absolute atomic E-state index is 0.890. The highest BCUT2D eigenvalue weighted by Gasteiger charge is 2.02. The molecule has 0 saturated carbocycles. The van der Waals surface area contributed by atoms with Crippen molar-refractivity contribution in [2.45, 2.75) is 39.8 Å². The summed E-state index contributed by atoms with van der Waals surface area (Å²) < 4.78 is 2.27. The lowest BCUT2D eigenvalue weighted by Crippen LogP contribution is -2.07. The van der Waals surface area contributed by atoms with Gasteiger partial charge >= 0.3 is 0 Å². The van der Waals surface area contributed by atoms with Crippen LogP contribution in [0, 0.1) is 0 Å². The van der Waals surface area contributed by atoms with Crippen molar-refractivity contribution in [3.8, 4) is 0 Å². The molecule has 0 fully saturated rings. The van der Waals surface area contributed by atoms with Crippen molar-refractivity contribution in [2.75, 3.05) is 5.32 Å². The molecule has 0 amide bonds. The third kappa shape index (κ3) is 2.95. The van der Waals surface area contributed by atoms with E-state index in [4.69, 9.17) is 0 Å². The molecule has 1 N–H and O–H groups in total. The van der Waals surface area contributed by atoms with Crippen LogP contribution in [0.5, 0.6) is 0 Å². The predicted octanol–water partition coefficient (Wildman–Crippen LogP) is 4.07. The highest BCUT2D eigenvalue weighted by Crippen LogP contribution is 2.17. The second-order valence-electron chi connectivity index (χ2n) is 4.55. The Morgan fingerprint density at radius 3 is 2.67 bits per heavy atom. The van der Waals surface area contributed by atoms with Crippen LogP contribution in [0.15, 0.2) is 42.6 Å². The van der Waals surface area contributed by atoms with Gasteiger partial charge in [0.1, 0.15) is 0 Å². The van der Waals surface area contributed by atoms with Gasteiger partial charge in [0.25, 0.3) is 0 Å². The van der Waals surface area contributed by atoms with Gasteiger partial charge in [-0.05, 0) is 37.1 Å². The first-order valence-corrected chi connectivity index (χ1v) is 6.81. The van der Waals surface area contributed by atoms with Crippen molar-refractivity contribution in [3.05, 3.63) is 53.9 Å². The Balaban J connectivity index is 2.06. The van der Waals surface area contributed by atoms with Crippen LogP contribution in [0.3, 0.4) is 0 Å². The molecule has 1 aromatic heterocycles. The second-order valence-corrected chi connectivity index (χ2v) is 4.55. The van der Waals surface area contributed by atoms with E-state index in [1.54, 1.807) is 0 Å². The fourth-order valence-corrected chi connectivity index (χ4v) is 2.28. The summed E-state index contributed by atoms with van der Waals surface area (Å²) in [5, 5.41) is 3.55. The maximum atomic E-state index is 3.55. The summed E-state index contributed by atoms with van der Waals surface area (Å²) in [6.45, 7) is 6.32. The topological polar surface area (TPSA) is 17.0 Å². The van der Waals surface area contributed by atoms with E-state index in [1.165, 1.54) is 23.4 Å². The van der Waals surface area contributed by atoms with Gasteiger partial charge in [-0.25, -0.2) is 0 Å². The van der Waals surface area contributed by atoms with Crippen LogP contribution < -0.4 is 5.32 Å². The van der Waals surface area contributed by atoms with Gasteiger partial charge in [-0.3, -0.25) is 0 Å². The van der Waals surface area contributed by atoms with Crippen molar-refractivity contribution in [3.63, 3.8) is 0 Å². The Labute approximate surface area is 110 Å². The van der Waals surface area contributed by atoms with Gasteiger partial charge in [0, 0.05) is 24.1 Å². The number of nitrogens with one attached hydrogen (secondary N) is 1. The summed E-state index contributed by atoms with van der Waals surface area (Å²) in [4.78, 5) is 0. The molecule has 0 spiro atoms. The van der Waals surface area contributed by atoms with Gasteiger partial charge in [-0.1, -0.05) is 31.5 Å². The average molecular weight is 242 g/mol. The SMILES string of the molecule is CCCc1ccccc1NCc1cccn1CC. The molecule has 0 aliphatic carbocycles. The fraction of sp³-hybridized carbons (Fsp3) is 0.375. The molecule has 0 bridgehead atoms. The summed E-state index contributed by atoms with van der Waals surface area (Å²) in [6.07, 6.45) is 4.46. The average Bonchev–Trinajstić information content (AvgIpc) is 2.85. The van der Waals surface area contributed by atoms with E-state index in [2.05, 4.69) is 66.3 Å². The van der Waals surface area contributed by atoms with Crippen LogP contribution >= 0.6 is 0 Å². The maximum absolute atomic E-state index is 3.55. The third-order valence-electron chi connectivity index (χ3n) is 3.26. The molecular weight excluding hydrogens is 220 g/mol. The van der Waals surface area contributed by atoms with Crippen LogP contribution in [-0.2, 0) is 19.5 Å². The normalized spacial score (nSPS) is 10.6. The zero-order valence-electron chi connectivity index (χ0n) is 11.3. The maximum Gasteiger partial charge on any atom is 0.0553 e. The molecular formula is C16H22N2. The first-order valence-electron chi connectivity index (χ1n) is 6.81. The van der Waals surface area contributed by atoms with Crippen molar-refractivity contribution in [1.29, 1.82) is 0 Å². The van der Waals surface area contributed by atoms with Crippen LogP contribution in [0.25, 0.3) is 0 Å². The van der Waals surface area contributed by atoms with E-state index in [9.17, 15) is 0 Å². The smallest absolute Gasteiger partial charge is 0.0553 e. The zero-order chi connectivity index (χ0) is 12.8. The molecule has 2 rings (SSSR count). The molecule has 0 atom stereocenters. The van der Waals surface area contributed by atoms with Gasteiger partial charge in [0.05, 0.1) is 6.54 Å². The standard InChI is InChI=1S/C16H22N2/c1-3-8-14-9-5-6-11-16(14)17-13-15-10-7-12-18(15)4-2/h5-7,9-12,17H,3-4,8,13H2,1-2H3. The lowest BCUT2D eigenvalue weighted by atomic mass is 10.1. The Morgan fingerprint density at radius 2 is 1.89 bits per heavy atom. The van der Waals surface area contributed by atoms with E-state index in [1.807, 2.05) is 0 Å². The lowest BCUT2D eigenvalue weighted by Gasteiger charge is -2.12.